The van der Waals surface area contributed by atoms with E-state index >= 15 is 0 Å². The maximum atomic E-state index is 15.0. The zero-order chi connectivity index (χ0) is 25.3. The monoisotopic (exact) mass is 508 g/mol. The Morgan fingerprint density at radius 3 is 2.31 bits per heavy atom. The Balaban J connectivity index is 1.35. The van der Waals surface area contributed by atoms with Crippen molar-refractivity contribution < 1.29 is 23.5 Å². The number of benzene rings is 2. The van der Waals surface area contributed by atoms with Crippen LogP contribution in [0.2, 0.25) is 0 Å². The zero-order valence-electron chi connectivity index (χ0n) is 20.4. The number of hydrogen-bond acceptors (Lipinski definition) is 5. The van der Waals surface area contributed by atoms with E-state index in [1.54, 1.807) is 6.07 Å². The summed E-state index contributed by atoms with van der Waals surface area (Å²) in [5.41, 5.74) is 4.11. The zero-order valence-corrected chi connectivity index (χ0v) is 21.3. The van der Waals surface area contributed by atoms with Gasteiger partial charge in [0.05, 0.1) is 30.4 Å². The van der Waals surface area contributed by atoms with Gasteiger partial charge in [-0.15, -0.1) is 0 Å². The molecule has 4 aromatic rings. The fourth-order valence-corrected chi connectivity index (χ4v) is 6.54. The van der Waals surface area contributed by atoms with Gasteiger partial charge in [0.1, 0.15) is 18.9 Å². The summed E-state index contributed by atoms with van der Waals surface area (Å²) in [6.45, 7) is 4.31. The minimum atomic E-state index is -2.31. The molecule has 2 aromatic carbocycles. The van der Waals surface area contributed by atoms with Gasteiger partial charge in [-0.05, 0) is 11.1 Å². The maximum absolute atomic E-state index is 15.0. The second-order valence-corrected chi connectivity index (χ2v) is 12.7. The molecule has 1 aliphatic rings. The topological polar surface area (TPSA) is 84.4 Å². The number of fused-ring (bicyclic) bond motifs is 1. The van der Waals surface area contributed by atoms with E-state index in [0.29, 0.717) is 47.8 Å². The van der Waals surface area contributed by atoms with Crippen molar-refractivity contribution in [2.24, 2.45) is 0 Å². The summed E-state index contributed by atoms with van der Waals surface area (Å²) >= 11 is 0. The van der Waals surface area contributed by atoms with Crippen LogP contribution >= 0.6 is 7.14 Å². The third-order valence-corrected chi connectivity index (χ3v) is 10.2. The van der Waals surface area contributed by atoms with E-state index in [4.69, 9.17) is 9.47 Å². The standard InChI is InChI=1S/C28H30FN2O4P/c1-3-36(33,4-2)23-11-9-19(10-12-23)18-5-7-20(8-6-18)28-24(29)14-25-26(31-28)15-27(30-25)35-22-13-21(16-32)34-17-22/h5-12,14-15,21-22,30,32H,3-4,13,16-17H2,1-2H3/t21-,22-/m0/s1. The van der Waals surface area contributed by atoms with Crippen LogP contribution in [-0.4, -0.2) is 52.8 Å². The minimum Gasteiger partial charge on any atom is -0.473 e. The summed E-state index contributed by atoms with van der Waals surface area (Å²) in [6.07, 6.45) is 1.54. The van der Waals surface area contributed by atoms with E-state index < -0.39 is 13.0 Å². The Labute approximate surface area is 209 Å². The van der Waals surface area contributed by atoms with Crippen molar-refractivity contribution in [3.05, 3.63) is 66.5 Å². The molecule has 0 aliphatic carbocycles. The number of nitrogens with zero attached hydrogens (tertiary/aromatic N) is 1. The first-order valence-electron chi connectivity index (χ1n) is 12.3. The maximum Gasteiger partial charge on any atom is 0.193 e. The van der Waals surface area contributed by atoms with E-state index in [9.17, 15) is 14.1 Å². The summed E-state index contributed by atoms with van der Waals surface area (Å²) in [5, 5.41) is 10.1. The Hall–Kier alpha value is -2.99. The van der Waals surface area contributed by atoms with Crippen molar-refractivity contribution >= 4 is 23.5 Å². The third-order valence-electron chi connectivity index (χ3n) is 6.92. The first kappa shape index (κ1) is 24.7. The molecule has 2 N–H and O–H groups in total. The average Bonchev–Trinajstić information content (AvgIpc) is 3.54. The van der Waals surface area contributed by atoms with E-state index in [1.165, 1.54) is 6.07 Å². The first-order valence-corrected chi connectivity index (χ1v) is 14.4. The van der Waals surface area contributed by atoms with Crippen LogP contribution in [0.15, 0.2) is 60.7 Å². The molecule has 1 aliphatic heterocycles. The minimum absolute atomic E-state index is 0.0351. The summed E-state index contributed by atoms with van der Waals surface area (Å²) in [6, 6.07) is 18.7. The predicted octanol–water partition coefficient (Wildman–Crippen LogP) is 5.59. The quantitative estimate of drug-likeness (QED) is 0.303. The molecule has 2 atom stereocenters. The van der Waals surface area contributed by atoms with Crippen molar-refractivity contribution in [2.75, 3.05) is 25.5 Å². The lowest BCUT2D eigenvalue weighted by Crippen LogP contribution is -2.17. The second kappa shape index (κ2) is 10.2. The van der Waals surface area contributed by atoms with E-state index in [-0.39, 0.29) is 24.5 Å². The Morgan fingerprint density at radius 1 is 1.06 bits per heavy atom. The number of H-pyrrole nitrogens is 1. The van der Waals surface area contributed by atoms with Crippen LogP contribution in [0.3, 0.4) is 0 Å². The third kappa shape index (κ3) is 4.83. The van der Waals surface area contributed by atoms with Gasteiger partial charge in [-0.1, -0.05) is 62.4 Å². The highest BCUT2D eigenvalue weighted by atomic mass is 31.2. The molecule has 6 nitrogen and oxygen atoms in total. The molecular weight excluding hydrogens is 478 g/mol. The number of rotatable bonds is 8. The van der Waals surface area contributed by atoms with Gasteiger partial charge in [-0.3, -0.25) is 0 Å². The number of hydrogen-bond donors (Lipinski definition) is 2. The number of pyridine rings is 1. The molecule has 36 heavy (non-hydrogen) atoms. The highest BCUT2D eigenvalue weighted by Crippen LogP contribution is 2.43. The van der Waals surface area contributed by atoms with Crippen LogP contribution in [0.4, 0.5) is 4.39 Å². The van der Waals surface area contributed by atoms with Crippen LogP contribution in [0.25, 0.3) is 33.4 Å². The molecule has 5 rings (SSSR count). The molecule has 0 unspecified atom stereocenters. The average molecular weight is 509 g/mol. The second-order valence-electron chi connectivity index (χ2n) is 9.14. The van der Waals surface area contributed by atoms with Gasteiger partial charge < -0.3 is 24.1 Å². The lowest BCUT2D eigenvalue weighted by Gasteiger charge is -2.15. The van der Waals surface area contributed by atoms with Crippen molar-refractivity contribution in [3.63, 3.8) is 0 Å². The number of aromatic nitrogens is 2. The highest BCUT2D eigenvalue weighted by Gasteiger charge is 2.27. The lowest BCUT2D eigenvalue weighted by molar-refractivity contribution is 0.0531. The fourth-order valence-electron chi connectivity index (χ4n) is 4.67. The number of halogens is 1. The van der Waals surface area contributed by atoms with Crippen LogP contribution in [0.1, 0.15) is 20.3 Å². The highest BCUT2D eigenvalue weighted by molar-refractivity contribution is 7.71. The van der Waals surface area contributed by atoms with Gasteiger partial charge in [0.25, 0.3) is 0 Å². The molecule has 188 valence electrons. The number of aliphatic hydroxyl groups excluding tert-OH is 1. The molecule has 0 spiro atoms. The lowest BCUT2D eigenvalue weighted by atomic mass is 10.0. The van der Waals surface area contributed by atoms with Gasteiger partial charge >= 0.3 is 0 Å². The largest absolute Gasteiger partial charge is 0.473 e. The number of aliphatic hydroxyl groups is 1. The van der Waals surface area contributed by atoms with E-state index in [2.05, 4.69) is 9.97 Å². The van der Waals surface area contributed by atoms with E-state index in [0.717, 1.165) is 16.4 Å². The smallest absolute Gasteiger partial charge is 0.193 e. The fraction of sp³-hybridized carbons (Fsp3) is 0.321. The van der Waals surface area contributed by atoms with Crippen molar-refractivity contribution in [1.29, 1.82) is 0 Å². The molecular formula is C28H30FN2O4P. The van der Waals surface area contributed by atoms with Crippen molar-refractivity contribution in [1.82, 2.24) is 9.97 Å². The molecule has 0 radical (unpaired) electrons. The SMILES string of the molecule is CCP(=O)(CC)c1ccc(-c2ccc(-c3nc4cc(O[C@@H]5CO[C@H](CO)C5)[nH]c4cc3F)cc2)cc1. The van der Waals surface area contributed by atoms with E-state index in [1.807, 2.05) is 62.4 Å². The summed E-state index contributed by atoms with van der Waals surface area (Å²) in [4.78, 5) is 7.61. The van der Waals surface area contributed by atoms with Crippen LogP contribution in [-0.2, 0) is 9.30 Å². The Kier molecular flexibility index (Phi) is 6.98. The van der Waals surface area contributed by atoms with Gasteiger partial charge in [0.2, 0.25) is 0 Å². The molecule has 1 saturated heterocycles. The van der Waals surface area contributed by atoms with Gasteiger partial charge in [-0.25, -0.2) is 9.37 Å². The molecule has 0 amide bonds. The van der Waals surface area contributed by atoms with Gasteiger partial charge in [0.15, 0.2) is 11.7 Å². The first-order chi connectivity index (χ1) is 17.4. The van der Waals surface area contributed by atoms with Crippen molar-refractivity contribution in [3.8, 4) is 28.3 Å². The van der Waals surface area contributed by atoms with Crippen molar-refractivity contribution in [2.45, 2.75) is 32.5 Å². The number of nitrogens with one attached hydrogen (secondary N) is 1. The molecule has 2 aromatic heterocycles. The van der Waals surface area contributed by atoms with Gasteiger partial charge in [-0.2, -0.15) is 0 Å². The summed E-state index contributed by atoms with van der Waals surface area (Å²) in [5.74, 6) is 0.0724. The number of aromatic amines is 1. The Bertz CT molecular complexity index is 1390. The summed E-state index contributed by atoms with van der Waals surface area (Å²) < 4.78 is 39.3. The predicted molar refractivity (Wildman–Crippen MR) is 141 cm³/mol. The molecule has 0 saturated carbocycles. The summed E-state index contributed by atoms with van der Waals surface area (Å²) in [7, 11) is -2.31. The van der Waals surface area contributed by atoms with Gasteiger partial charge in [0, 0.05) is 41.7 Å². The molecule has 8 heteroatoms. The van der Waals surface area contributed by atoms with Crippen LogP contribution < -0.4 is 10.0 Å². The van der Waals surface area contributed by atoms with Crippen LogP contribution in [0, 0.1) is 5.82 Å². The Morgan fingerprint density at radius 2 is 1.69 bits per heavy atom. The molecule has 0 bridgehead atoms. The number of ether oxygens (including phenoxy) is 2. The molecule has 1 fully saturated rings. The van der Waals surface area contributed by atoms with Crippen LogP contribution in [0.5, 0.6) is 5.88 Å². The normalized spacial score (nSPS) is 18.1. The molecule has 3 heterocycles.